The van der Waals surface area contributed by atoms with Crippen molar-refractivity contribution in [2.75, 3.05) is 6.54 Å². The molecule has 1 aliphatic carbocycles. The second-order valence-electron chi connectivity index (χ2n) is 12.0. The molecule has 2 fully saturated rings. The summed E-state index contributed by atoms with van der Waals surface area (Å²) in [4.78, 5) is 44.7. The predicted octanol–water partition coefficient (Wildman–Crippen LogP) is 7.18. The van der Waals surface area contributed by atoms with Gasteiger partial charge in [0.1, 0.15) is 10.8 Å². The number of aliphatic carboxylic acids is 1. The number of carboxylic acids is 1. The standard InChI is InChI=1S/C35H35ClFN3O5S/c1-39-20-27(26-9-2-3-10-30(26)39)32(41)11-4-6-21-15-29(37)22(14-28(21)36)16-33(42)40-19-24(45-23-7-5-8-23)17-31(40)35-38-18-25(46-35)12-13-34(43)44/h2-4,6,9-10,14-15,18,20,23-24,31H,5,7-8,11-13,16-17,19H2,1H3,(H,43,44)/b6-4+/t24-,31-/m0/s1. The molecule has 2 aromatic carbocycles. The number of aromatic nitrogens is 2. The minimum Gasteiger partial charge on any atom is -0.481 e. The summed E-state index contributed by atoms with van der Waals surface area (Å²) in [6.45, 7) is 0.380. The highest BCUT2D eigenvalue weighted by atomic mass is 35.5. The Hall–Kier alpha value is -3.86. The summed E-state index contributed by atoms with van der Waals surface area (Å²) < 4.78 is 23.5. The van der Waals surface area contributed by atoms with E-state index < -0.39 is 11.8 Å². The van der Waals surface area contributed by atoms with Crippen molar-refractivity contribution in [1.82, 2.24) is 14.5 Å². The van der Waals surface area contributed by atoms with Crippen LogP contribution in [0.2, 0.25) is 5.02 Å². The Balaban J connectivity index is 1.14. The minimum absolute atomic E-state index is 0.00803. The molecule has 1 amide bonds. The summed E-state index contributed by atoms with van der Waals surface area (Å²) in [6.07, 6.45) is 10.9. The smallest absolute Gasteiger partial charge is 0.303 e. The van der Waals surface area contributed by atoms with Gasteiger partial charge in [0.2, 0.25) is 5.91 Å². The topological polar surface area (TPSA) is 102 Å². The van der Waals surface area contributed by atoms with Gasteiger partial charge < -0.3 is 19.3 Å². The average Bonchev–Trinajstić information content (AvgIpc) is 3.74. The predicted molar refractivity (Wildman–Crippen MR) is 176 cm³/mol. The van der Waals surface area contributed by atoms with Crippen molar-refractivity contribution >= 4 is 57.6 Å². The molecule has 0 radical (unpaired) electrons. The highest BCUT2D eigenvalue weighted by molar-refractivity contribution is 7.11. The Kier molecular flexibility index (Phi) is 9.67. The maximum Gasteiger partial charge on any atom is 0.303 e. The van der Waals surface area contributed by atoms with Crippen molar-refractivity contribution in [3.8, 4) is 0 Å². The molecule has 1 N–H and O–H groups in total. The fourth-order valence-electron chi connectivity index (χ4n) is 6.11. The first-order valence-corrected chi connectivity index (χ1v) is 16.7. The van der Waals surface area contributed by atoms with E-state index in [0.29, 0.717) is 30.5 Å². The molecule has 11 heteroatoms. The van der Waals surface area contributed by atoms with Crippen molar-refractivity contribution in [3.05, 3.63) is 92.3 Å². The van der Waals surface area contributed by atoms with Crippen LogP contribution in [0.3, 0.4) is 0 Å². The number of ether oxygens (including phenoxy) is 1. The quantitative estimate of drug-likeness (QED) is 0.161. The molecule has 1 aliphatic heterocycles. The van der Waals surface area contributed by atoms with Gasteiger partial charge in [0.15, 0.2) is 5.78 Å². The number of rotatable bonds is 12. The summed E-state index contributed by atoms with van der Waals surface area (Å²) in [6, 6.07) is 10.1. The van der Waals surface area contributed by atoms with Crippen LogP contribution in [0.1, 0.15) is 75.9 Å². The van der Waals surface area contributed by atoms with Gasteiger partial charge in [-0.05, 0) is 55.0 Å². The third kappa shape index (κ3) is 7.09. The number of carboxylic acid groups (broad SMARTS) is 1. The van der Waals surface area contributed by atoms with Gasteiger partial charge in [-0.15, -0.1) is 11.3 Å². The fraction of sp³-hybridized carbons (Fsp3) is 0.371. The maximum atomic E-state index is 15.4. The molecule has 2 aliphatic rings. The lowest BCUT2D eigenvalue weighted by Crippen LogP contribution is -2.35. The number of halogens is 2. The van der Waals surface area contributed by atoms with E-state index in [2.05, 4.69) is 4.98 Å². The van der Waals surface area contributed by atoms with Crippen molar-refractivity contribution in [3.63, 3.8) is 0 Å². The normalized spacial score (nSPS) is 18.5. The first-order chi connectivity index (χ1) is 22.2. The zero-order valence-electron chi connectivity index (χ0n) is 25.5. The molecule has 1 saturated carbocycles. The van der Waals surface area contributed by atoms with E-state index in [0.717, 1.165) is 40.1 Å². The third-order valence-electron chi connectivity index (χ3n) is 8.77. The molecule has 6 rings (SSSR count). The lowest BCUT2D eigenvalue weighted by Gasteiger charge is -2.28. The van der Waals surface area contributed by atoms with Gasteiger partial charge in [-0.25, -0.2) is 9.37 Å². The van der Waals surface area contributed by atoms with Gasteiger partial charge in [-0.2, -0.15) is 0 Å². The number of benzene rings is 2. The number of carbonyl (C=O) groups is 3. The van der Waals surface area contributed by atoms with Crippen LogP contribution in [0.4, 0.5) is 4.39 Å². The number of nitrogens with zero attached hydrogens (tertiary/aromatic N) is 3. The summed E-state index contributed by atoms with van der Waals surface area (Å²) >= 11 is 7.94. The van der Waals surface area contributed by atoms with Crippen LogP contribution in [0.25, 0.3) is 17.0 Å². The van der Waals surface area contributed by atoms with Crippen LogP contribution in [0, 0.1) is 5.82 Å². The molecule has 0 bridgehead atoms. The Labute approximate surface area is 275 Å². The van der Waals surface area contributed by atoms with Crippen LogP contribution in [-0.2, 0) is 34.2 Å². The Morgan fingerprint density at radius 1 is 1.20 bits per heavy atom. The molecular formula is C35H35ClFN3O5S. The number of carbonyl (C=O) groups excluding carboxylic acids is 2. The average molecular weight is 664 g/mol. The van der Waals surface area contributed by atoms with E-state index in [-0.39, 0.29) is 59.8 Å². The zero-order valence-corrected chi connectivity index (χ0v) is 27.0. The Bertz CT molecular complexity index is 1810. The van der Waals surface area contributed by atoms with Crippen LogP contribution in [0.15, 0.2) is 54.9 Å². The minimum atomic E-state index is -0.877. The number of likely N-dealkylation sites (tertiary alicyclic amines) is 1. The van der Waals surface area contributed by atoms with Crippen LogP contribution < -0.4 is 0 Å². The zero-order chi connectivity index (χ0) is 32.4. The van der Waals surface area contributed by atoms with Crippen LogP contribution in [-0.4, -0.2) is 56.0 Å². The summed E-state index contributed by atoms with van der Waals surface area (Å²) in [7, 11) is 1.90. The van der Waals surface area contributed by atoms with E-state index in [1.165, 1.54) is 23.5 Å². The van der Waals surface area contributed by atoms with Gasteiger partial charge in [0.05, 0.1) is 31.1 Å². The first-order valence-electron chi connectivity index (χ1n) is 15.5. The summed E-state index contributed by atoms with van der Waals surface area (Å²) in [5, 5.41) is 10.9. The van der Waals surface area contributed by atoms with E-state index in [4.69, 9.17) is 21.4 Å². The van der Waals surface area contributed by atoms with Gasteiger partial charge in [-0.1, -0.05) is 42.0 Å². The molecule has 2 aromatic heterocycles. The Morgan fingerprint density at radius 2 is 2.00 bits per heavy atom. The highest BCUT2D eigenvalue weighted by Gasteiger charge is 2.40. The summed E-state index contributed by atoms with van der Waals surface area (Å²) in [5.41, 5.74) is 2.20. The number of para-hydroxylation sites is 1. The number of ketones is 1. The molecule has 1 saturated heterocycles. The number of amides is 1. The second kappa shape index (κ2) is 13.9. The molecule has 0 unspecified atom stereocenters. The molecule has 0 spiro atoms. The van der Waals surface area contributed by atoms with Gasteiger partial charge in [-0.3, -0.25) is 14.4 Å². The van der Waals surface area contributed by atoms with E-state index in [1.807, 2.05) is 42.1 Å². The highest BCUT2D eigenvalue weighted by Crippen LogP contribution is 2.38. The molecular weight excluding hydrogens is 629 g/mol. The van der Waals surface area contributed by atoms with Gasteiger partial charge in [0.25, 0.3) is 0 Å². The molecule has 46 heavy (non-hydrogen) atoms. The lowest BCUT2D eigenvalue weighted by molar-refractivity contribution is -0.137. The number of fused-ring (bicyclic) bond motifs is 1. The van der Waals surface area contributed by atoms with Gasteiger partial charge >= 0.3 is 5.97 Å². The maximum absolute atomic E-state index is 15.4. The van der Waals surface area contributed by atoms with Crippen molar-refractivity contribution in [2.45, 2.75) is 69.6 Å². The number of hydrogen-bond donors (Lipinski definition) is 1. The second-order valence-corrected chi connectivity index (χ2v) is 13.6. The molecule has 4 aromatic rings. The monoisotopic (exact) mass is 663 g/mol. The molecule has 3 heterocycles. The number of hydrogen-bond acceptors (Lipinski definition) is 6. The van der Waals surface area contributed by atoms with E-state index in [9.17, 15) is 14.4 Å². The van der Waals surface area contributed by atoms with E-state index in [1.54, 1.807) is 23.2 Å². The van der Waals surface area contributed by atoms with Crippen molar-refractivity contribution < 1.29 is 28.6 Å². The van der Waals surface area contributed by atoms with Gasteiger partial charge in [0, 0.05) is 65.2 Å². The largest absolute Gasteiger partial charge is 0.481 e. The number of Topliss-reactive ketones (excluding diaryl/α,β-unsaturated/α-hetero) is 1. The third-order valence-corrected chi connectivity index (χ3v) is 10.3. The number of thiazole rings is 1. The number of aryl methyl sites for hydroxylation is 2. The van der Waals surface area contributed by atoms with Crippen LogP contribution in [0.5, 0.6) is 0 Å². The summed E-state index contributed by atoms with van der Waals surface area (Å²) in [5.74, 6) is -1.74. The number of allylic oxidation sites excluding steroid dienone is 1. The first kappa shape index (κ1) is 32.1. The van der Waals surface area contributed by atoms with Crippen molar-refractivity contribution in [2.24, 2.45) is 7.05 Å². The molecule has 240 valence electrons. The van der Waals surface area contributed by atoms with Crippen molar-refractivity contribution in [1.29, 1.82) is 0 Å². The van der Waals surface area contributed by atoms with E-state index >= 15 is 4.39 Å². The SMILES string of the molecule is Cn1cc(C(=O)C/C=C/c2cc(F)c(CC(=O)N3C[C@@H](OC4CCC4)C[C@H]3c3ncc(CCC(=O)O)s3)cc2Cl)c2ccccc21. The Morgan fingerprint density at radius 3 is 2.76 bits per heavy atom. The molecule has 2 atom stereocenters. The van der Waals surface area contributed by atoms with Crippen LogP contribution >= 0.6 is 22.9 Å². The fourth-order valence-corrected chi connectivity index (χ4v) is 7.40. The lowest BCUT2D eigenvalue weighted by atomic mass is 9.96. The molecule has 8 nitrogen and oxygen atoms in total.